The standard InChI is InChI=1S/C19H21BrN4O4S/c20-16-5-7-18(8-6-16)29(26,27)24-12-10-23(11-13-24)15-19(25)22-21-9-1-3-17-4-2-14-28-17/h1-9,14H,10-13,15H2,(H,22,25)/b3-1+,21-9-. The van der Waals surface area contributed by atoms with Crippen LogP contribution in [0, 0.1) is 0 Å². The molecule has 8 nitrogen and oxygen atoms in total. The summed E-state index contributed by atoms with van der Waals surface area (Å²) in [6.45, 7) is 1.78. The lowest BCUT2D eigenvalue weighted by Crippen LogP contribution is -2.50. The lowest BCUT2D eigenvalue weighted by atomic mass is 10.3. The van der Waals surface area contributed by atoms with Crippen LogP contribution in [0.15, 0.2) is 67.6 Å². The highest BCUT2D eigenvalue weighted by molar-refractivity contribution is 9.10. The molecule has 1 aliphatic heterocycles. The summed E-state index contributed by atoms with van der Waals surface area (Å²) in [6.07, 6.45) is 6.41. The van der Waals surface area contributed by atoms with Crippen molar-refractivity contribution in [3.05, 3.63) is 59.0 Å². The van der Waals surface area contributed by atoms with E-state index in [0.717, 1.165) is 4.47 Å². The predicted molar refractivity (Wildman–Crippen MR) is 114 cm³/mol. The summed E-state index contributed by atoms with van der Waals surface area (Å²) in [5.41, 5.74) is 2.45. The Morgan fingerprint density at radius 3 is 2.55 bits per heavy atom. The number of nitrogens with zero attached hydrogens (tertiary/aromatic N) is 3. The molecule has 0 atom stereocenters. The first-order valence-electron chi connectivity index (χ1n) is 8.95. The van der Waals surface area contributed by atoms with Gasteiger partial charge in [-0.3, -0.25) is 9.69 Å². The molecule has 0 unspecified atom stereocenters. The fourth-order valence-corrected chi connectivity index (χ4v) is 4.48. The van der Waals surface area contributed by atoms with Crippen LogP contribution in [0.3, 0.4) is 0 Å². The maximum Gasteiger partial charge on any atom is 0.254 e. The molecule has 1 amide bonds. The van der Waals surface area contributed by atoms with Crippen molar-refractivity contribution >= 4 is 44.2 Å². The molecule has 1 aromatic heterocycles. The van der Waals surface area contributed by atoms with Crippen LogP contribution in [-0.4, -0.2) is 62.5 Å². The molecule has 0 radical (unpaired) electrons. The predicted octanol–water partition coefficient (Wildman–Crippen LogP) is 2.16. The molecule has 1 aromatic carbocycles. The molecule has 0 spiro atoms. The number of hydrogen-bond acceptors (Lipinski definition) is 6. The Morgan fingerprint density at radius 1 is 1.17 bits per heavy atom. The SMILES string of the molecule is O=C(CN1CCN(S(=O)(=O)c2ccc(Br)cc2)CC1)N/N=C\C=C\c1ccco1. The van der Waals surface area contributed by atoms with Gasteiger partial charge in [0.2, 0.25) is 10.0 Å². The van der Waals surface area contributed by atoms with Crippen molar-refractivity contribution in [2.45, 2.75) is 4.90 Å². The monoisotopic (exact) mass is 480 g/mol. The lowest BCUT2D eigenvalue weighted by Gasteiger charge is -2.33. The minimum Gasteiger partial charge on any atom is -0.465 e. The van der Waals surface area contributed by atoms with Gasteiger partial charge in [0, 0.05) is 36.9 Å². The quantitative estimate of drug-likeness (QED) is 0.483. The Morgan fingerprint density at radius 2 is 1.90 bits per heavy atom. The maximum atomic E-state index is 12.7. The van der Waals surface area contributed by atoms with E-state index < -0.39 is 10.0 Å². The normalized spacial score (nSPS) is 16.6. The van der Waals surface area contributed by atoms with E-state index in [4.69, 9.17) is 4.42 Å². The van der Waals surface area contributed by atoms with Gasteiger partial charge in [-0.25, -0.2) is 13.8 Å². The highest BCUT2D eigenvalue weighted by Gasteiger charge is 2.28. The zero-order chi connectivity index (χ0) is 20.7. The van der Waals surface area contributed by atoms with E-state index in [1.807, 2.05) is 4.90 Å². The molecule has 1 saturated heterocycles. The molecule has 1 aliphatic rings. The first kappa shape index (κ1) is 21.4. The van der Waals surface area contributed by atoms with Gasteiger partial charge in [0.25, 0.3) is 5.91 Å². The Balaban J connectivity index is 1.43. The highest BCUT2D eigenvalue weighted by atomic mass is 79.9. The third-order valence-corrected chi connectivity index (χ3v) is 6.74. The number of rotatable bonds is 7. The summed E-state index contributed by atoms with van der Waals surface area (Å²) >= 11 is 3.30. The van der Waals surface area contributed by atoms with E-state index in [0.29, 0.717) is 31.9 Å². The molecule has 3 rings (SSSR count). The van der Waals surface area contributed by atoms with Crippen molar-refractivity contribution < 1.29 is 17.6 Å². The van der Waals surface area contributed by atoms with Gasteiger partial charge in [-0.05, 0) is 48.6 Å². The Kier molecular flexibility index (Phi) is 7.37. The number of benzene rings is 1. The molecule has 0 aliphatic carbocycles. The number of hydrazone groups is 1. The van der Waals surface area contributed by atoms with Crippen LogP contribution in [0.2, 0.25) is 0 Å². The topological polar surface area (TPSA) is 95.2 Å². The first-order valence-corrected chi connectivity index (χ1v) is 11.2. The number of carbonyl (C=O) groups excluding carboxylic acids is 1. The zero-order valence-electron chi connectivity index (χ0n) is 15.6. The Labute approximate surface area is 178 Å². The molecular weight excluding hydrogens is 460 g/mol. The van der Waals surface area contributed by atoms with E-state index >= 15 is 0 Å². The van der Waals surface area contributed by atoms with E-state index in [1.165, 1.54) is 10.5 Å². The smallest absolute Gasteiger partial charge is 0.254 e. The summed E-state index contributed by atoms with van der Waals surface area (Å²) in [7, 11) is -3.52. The third kappa shape index (κ3) is 6.10. The van der Waals surface area contributed by atoms with E-state index in [9.17, 15) is 13.2 Å². The number of piperazine rings is 1. The van der Waals surface area contributed by atoms with E-state index in [1.54, 1.807) is 54.8 Å². The molecule has 29 heavy (non-hydrogen) atoms. The van der Waals surface area contributed by atoms with Gasteiger partial charge in [0.15, 0.2) is 0 Å². The fourth-order valence-electron chi connectivity index (χ4n) is 2.80. The summed E-state index contributed by atoms with van der Waals surface area (Å²) in [6, 6.07) is 10.2. The Hall–Kier alpha value is -2.27. The number of carbonyl (C=O) groups is 1. The van der Waals surface area contributed by atoms with Crippen molar-refractivity contribution in [3.8, 4) is 0 Å². The van der Waals surface area contributed by atoms with Gasteiger partial charge >= 0.3 is 0 Å². The van der Waals surface area contributed by atoms with Crippen LogP contribution in [0.1, 0.15) is 5.76 Å². The molecule has 0 bridgehead atoms. The van der Waals surface area contributed by atoms with Gasteiger partial charge in [0.1, 0.15) is 5.76 Å². The maximum absolute atomic E-state index is 12.7. The number of halogens is 1. The van der Waals surface area contributed by atoms with Gasteiger partial charge in [-0.15, -0.1) is 0 Å². The van der Waals surface area contributed by atoms with Crippen LogP contribution in [0.5, 0.6) is 0 Å². The van der Waals surface area contributed by atoms with Gasteiger partial charge in [0.05, 0.1) is 17.7 Å². The minimum atomic E-state index is -3.52. The molecule has 154 valence electrons. The average Bonchev–Trinajstić information content (AvgIpc) is 3.22. The van der Waals surface area contributed by atoms with Gasteiger partial charge in [-0.2, -0.15) is 9.41 Å². The molecule has 1 fully saturated rings. The largest absolute Gasteiger partial charge is 0.465 e. The van der Waals surface area contributed by atoms with Crippen molar-refractivity contribution in [1.29, 1.82) is 0 Å². The third-order valence-electron chi connectivity index (χ3n) is 4.30. The number of allylic oxidation sites excluding steroid dienone is 1. The summed E-state index contributed by atoms with van der Waals surface area (Å²) < 4.78 is 32.8. The number of sulfonamides is 1. The number of furan rings is 1. The summed E-state index contributed by atoms with van der Waals surface area (Å²) in [5, 5.41) is 3.85. The van der Waals surface area contributed by atoms with E-state index in [-0.39, 0.29) is 17.3 Å². The van der Waals surface area contributed by atoms with Crippen LogP contribution in [0.25, 0.3) is 6.08 Å². The van der Waals surface area contributed by atoms with Crippen molar-refractivity contribution in [3.63, 3.8) is 0 Å². The summed E-state index contributed by atoms with van der Waals surface area (Å²) in [5.74, 6) is 0.440. The zero-order valence-corrected chi connectivity index (χ0v) is 18.0. The average molecular weight is 481 g/mol. The van der Waals surface area contributed by atoms with Crippen molar-refractivity contribution in [2.75, 3.05) is 32.7 Å². The van der Waals surface area contributed by atoms with Crippen LogP contribution >= 0.6 is 15.9 Å². The molecule has 2 aromatic rings. The minimum absolute atomic E-state index is 0.158. The molecule has 0 saturated carbocycles. The number of amides is 1. The second kappa shape index (κ2) is 9.97. The Bertz CT molecular complexity index is 964. The van der Waals surface area contributed by atoms with Crippen LogP contribution in [-0.2, 0) is 14.8 Å². The second-order valence-electron chi connectivity index (χ2n) is 6.32. The van der Waals surface area contributed by atoms with Gasteiger partial charge < -0.3 is 4.42 Å². The number of nitrogens with one attached hydrogen (secondary N) is 1. The lowest BCUT2D eigenvalue weighted by molar-refractivity contribution is -0.122. The van der Waals surface area contributed by atoms with Crippen LogP contribution < -0.4 is 5.43 Å². The van der Waals surface area contributed by atoms with E-state index in [2.05, 4.69) is 26.5 Å². The second-order valence-corrected chi connectivity index (χ2v) is 9.18. The molecular formula is C19H21BrN4O4S. The van der Waals surface area contributed by atoms with Crippen LogP contribution in [0.4, 0.5) is 0 Å². The van der Waals surface area contributed by atoms with Crippen molar-refractivity contribution in [1.82, 2.24) is 14.6 Å². The first-order chi connectivity index (χ1) is 13.9. The molecule has 1 N–H and O–H groups in total. The molecule has 2 heterocycles. The number of hydrogen-bond donors (Lipinski definition) is 1. The van der Waals surface area contributed by atoms with Crippen molar-refractivity contribution in [2.24, 2.45) is 5.10 Å². The molecule has 10 heteroatoms. The fraction of sp³-hybridized carbons (Fsp3) is 0.263. The summed E-state index contributed by atoms with van der Waals surface area (Å²) in [4.78, 5) is 14.2. The highest BCUT2D eigenvalue weighted by Crippen LogP contribution is 2.20. The van der Waals surface area contributed by atoms with Gasteiger partial charge in [-0.1, -0.05) is 15.9 Å².